The molecular formula is C23H26N2O3. The Morgan fingerprint density at radius 1 is 1.11 bits per heavy atom. The van der Waals surface area contributed by atoms with Crippen molar-refractivity contribution in [2.45, 2.75) is 39.5 Å². The summed E-state index contributed by atoms with van der Waals surface area (Å²) >= 11 is 0. The van der Waals surface area contributed by atoms with Crippen LogP contribution in [0.1, 0.15) is 47.3 Å². The minimum Gasteiger partial charge on any atom is -0.374 e. The third-order valence-corrected chi connectivity index (χ3v) is 4.67. The van der Waals surface area contributed by atoms with Crippen molar-refractivity contribution < 1.29 is 14.3 Å². The zero-order valence-corrected chi connectivity index (χ0v) is 16.4. The van der Waals surface area contributed by atoms with Crippen molar-refractivity contribution in [1.29, 1.82) is 0 Å². The third-order valence-electron chi connectivity index (χ3n) is 4.67. The predicted octanol–water partition coefficient (Wildman–Crippen LogP) is 3.74. The first-order chi connectivity index (χ1) is 13.5. The van der Waals surface area contributed by atoms with Crippen LogP contribution in [-0.2, 0) is 22.7 Å². The van der Waals surface area contributed by atoms with Crippen LogP contribution < -0.4 is 5.32 Å². The number of rotatable bonds is 8. The highest BCUT2D eigenvalue weighted by Gasteiger charge is 2.30. The second-order valence-electron chi connectivity index (χ2n) is 7.16. The van der Waals surface area contributed by atoms with Gasteiger partial charge in [-0.1, -0.05) is 49.0 Å². The van der Waals surface area contributed by atoms with Gasteiger partial charge in [-0.15, -0.1) is 0 Å². The van der Waals surface area contributed by atoms with Crippen molar-refractivity contribution in [3.63, 3.8) is 0 Å². The molecule has 0 spiro atoms. The van der Waals surface area contributed by atoms with E-state index in [1.165, 1.54) is 0 Å². The van der Waals surface area contributed by atoms with Gasteiger partial charge in [0.25, 0.3) is 5.91 Å². The molecule has 1 N–H and O–H groups in total. The number of hydrogen-bond donors (Lipinski definition) is 1. The van der Waals surface area contributed by atoms with E-state index in [2.05, 4.69) is 11.9 Å². The van der Waals surface area contributed by atoms with Crippen LogP contribution in [0.25, 0.3) is 5.70 Å². The second-order valence-corrected chi connectivity index (χ2v) is 7.16. The molecule has 5 nitrogen and oxygen atoms in total. The summed E-state index contributed by atoms with van der Waals surface area (Å²) in [7, 11) is 0. The van der Waals surface area contributed by atoms with E-state index in [4.69, 9.17) is 4.74 Å². The Kier molecular flexibility index (Phi) is 6.26. The first-order valence-electron chi connectivity index (χ1n) is 9.52. The molecule has 1 heterocycles. The Bertz CT molecular complexity index is 854. The first-order valence-corrected chi connectivity index (χ1v) is 9.52. The van der Waals surface area contributed by atoms with Crippen LogP contribution in [0.4, 0.5) is 0 Å². The van der Waals surface area contributed by atoms with E-state index < -0.39 is 0 Å². The number of hydrogen-bond acceptors (Lipinski definition) is 3. The van der Waals surface area contributed by atoms with E-state index >= 15 is 0 Å². The number of amides is 2. The molecular weight excluding hydrogens is 352 g/mol. The lowest BCUT2D eigenvalue weighted by Crippen LogP contribution is -2.30. The third kappa shape index (κ3) is 4.67. The summed E-state index contributed by atoms with van der Waals surface area (Å²) in [6, 6.07) is 15.4. The van der Waals surface area contributed by atoms with Crippen molar-refractivity contribution in [1.82, 2.24) is 10.2 Å². The molecule has 0 saturated carbocycles. The van der Waals surface area contributed by atoms with Gasteiger partial charge in [0.1, 0.15) is 0 Å². The van der Waals surface area contributed by atoms with E-state index in [1.54, 1.807) is 11.0 Å². The summed E-state index contributed by atoms with van der Waals surface area (Å²) in [5, 5.41) is 2.92. The van der Waals surface area contributed by atoms with Crippen LogP contribution in [0.5, 0.6) is 0 Å². The standard InChI is InChI=1S/C23H26N2O3/c1-16(2)28-15-19-8-6-7-18(13-19)14-24-22(26)11-12-25-17(3)20-9-4-5-10-21(20)23(25)27/h4-10,13,16H,3,11-12,14-15H2,1-2H3,(H,24,26). The Hall–Kier alpha value is -2.92. The highest BCUT2D eigenvalue weighted by molar-refractivity contribution is 6.08. The lowest BCUT2D eigenvalue weighted by molar-refractivity contribution is -0.121. The lowest BCUT2D eigenvalue weighted by atomic mass is 10.1. The van der Waals surface area contributed by atoms with Gasteiger partial charge in [0.2, 0.25) is 5.91 Å². The Balaban J connectivity index is 1.49. The second kappa shape index (κ2) is 8.85. The Morgan fingerprint density at radius 2 is 1.82 bits per heavy atom. The number of nitrogens with one attached hydrogen (secondary N) is 1. The van der Waals surface area contributed by atoms with E-state index in [1.807, 2.05) is 56.3 Å². The van der Waals surface area contributed by atoms with Crippen molar-refractivity contribution in [3.05, 3.63) is 77.4 Å². The van der Waals surface area contributed by atoms with Crippen LogP contribution in [0.2, 0.25) is 0 Å². The van der Waals surface area contributed by atoms with Crippen LogP contribution in [0, 0.1) is 0 Å². The van der Waals surface area contributed by atoms with Crippen molar-refractivity contribution in [2.75, 3.05) is 6.54 Å². The maximum absolute atomic E-state index is 12.5. The molecule has 2 aromatic carbocycles. The highest BCUT2D eigenvalue weighted by atomic mass is 16.5. The van der Waals surface area contributed by atoms with Crippen LogP contribution in [0.3, 0.4) is 0 Å². The maximum Gasteiger partial charge on any atom is 0.258 e. The van der Waals surface area contributed by atoms with Gasteiger partial charge >= 0.3 is 0 Å². The highest BCUT2D eigenvalue weighted by Crippen LogP contribution is 2.30. The molecule has 0 radical (unpaired) electrons. The van der Waals surface area contributed by atoms with E-state index in [0.717, 1.165) is 16.7 Å². The molecule has 28 heavy (non-hydrogen) atoms. The molecule has 3 rings (SSSR count). The van der Waals surface area contributed by atoms with Gasteiger partial charge in [-0.05, 0) is 31.0 Å². The van der Waals surface area contributed by atoms with Gasteiger partial charge in [-0.2, -0.15) is 0 Å². The zero-order valence-electron chi connectivity index (χ0n) is 16.4. The lowest BCUT2D eigenvalue weighted by Gasteiger charge is -2.17. The number of benzene rings is 2. The van der Waals surface area contributed by atoms with E-state index in [-0.39, 0.29) is 24.3 Å². The largest absolute Gasteiger partial charge is 0.374 e. The van der Waals surface area contributed by atoms with Crippen LogP contribution in [-0.4, -0.2) is 29.4 Å². The monoisotopic (exact) mass is 378 g/mol. The maximum atomic E-state index is 12.5. The fraction of sp³-hybridized carbons (Fsp3) is 0.304. The van der Waals surface area contributed by atoms with Gasteiger partial charge in [-0.25, -0.2) is 0 Å². The molecule has 0 aromatic heterocycles. The molecule has 2 amide bonds. The number of fused-ring (bicyclic) bond motifs is 1. The van der Waals surface area contributed by atoms with Crippen molar-refractivity contribution in [2.24, 2.45) is 0 Å². The number of carbonyl (C=O) groups excluding carboxylic acids is 2. The quantitative estimate of drug-likeness (QED) is 0.761. The van der Waals surface area contributed by atoms with Gasteiger partial charge < -0.3 is 15.0 Å². The summed E-state index contributed by atoms with van der Waals surface area (Å²) in [5.74, 6) is -0.188. The molecule has 1 aliphatic rings. The molecule has 0 unspecified atom stereocenters. The number of ether oxygens (including phenoxy) is 1. The van der Waals surface area contributed by atoms with Crippen LogP contribution in [0.15, 0.2) is 55.1 Å². The summed E-state index contributed by atoms with van der Waals surface area (Å²) in [6.45, 7) is 9.33. The van der Waals surface area contributed by atoms with Gasteiger partial charge in [0.15, 0.2) is 0 Å². The molecule has 0 aliphatic carbocycles. The Labute approximate surface area is 166 Å². The average molecular weight is 378 g/mol. The molecule has 0 saturated heterocycles. The van der Waals surface area contributed by atoms with Gasteiger partial charge in [0, 0.05) is 36.3 Å². The summed E-state index contributed by atoms with van der Waals surface area (Å²) in [6.07, 6.45) is 0.409. The predicted molar refractivity (Wildman–Crippen MR) is 109 cm³/mol. The smallest absolute Gasteiger partial charge is 0.258 e. The molecule has 1 aliphatic heterocycles. The Morgan fingerprint density at radius 3 is 2.54 bits per heavy atom. The molecule has 0 fully saturated rings. The summed E-state index contributed by atoms with van der Waals surface area (Å²) in [5.41, 5.74) is 4.25. The van der Waals surface area contributed by atoms with Crippen LogP contribution >= 0.6 is 0 Å². The van der Waals surface area contributed by atoms with Crippen molar-refractivity contribution in [3.8, 4) is 0 Å². The minimum atomic E-state index is -0.0969. The first kappa shape index (κ1) is 19.8. The summed E-state index contributed by atoms with van der Waals surface area (Å²) < 4.78 is 5.62. The molecule has 2 aromatic rings. The summed E-state index contributed by atoms with van der Waals surface area (Å²) in [4.78, 5) is 26.3. The van der Waals surface area contributed by atoms with E-state index in [0.29, 0.717) is 31.0 Å². The number of carbonyl (C=O) groups is 2. The normalized spacial score (nSPS) is 13.2. The van der Waals surface area contributed by atoms with E-state index in [9.17, 15) is 9.59 Å². The van der Waals surface area contributed by atoms with Crippen molar-refractivity contribution >= 4 is 17.5 Å². The molecule has 0 atom stereocenters. The van der Waals surface area contributed by atoms with Gasteiger partial charge in [0.05, 0.1) is 12.7 Å². The molecule has 146 valence electrons. The fourth-order valence-electron chi connectivity index (χ4n) is 3.17. The SMILES string of the molecule is C=C1c2ccccc2C(=O)N1CCC(=O)NCc1cccc(COC(C)C)c1. The minimum absolute atomic E-state index is 0.0914. The number of nitrogens with zero attached hydrogens (tertiary/aromatic N) is 1. The fourth-order valence-corrected chi connectivity index (χ4v) is 3.17. The molecule has 5 heteroatoms. The van der Waals surface area contributed by atoms with Gasteiger partial charge in [-0.3, -0.25) is 9.59 Å². The average Bonchev–Trinajstić information content (AvgIpc) is 2.94. The zero-order chi connectivity index (χ0) is 20.1. The molecule has 0 bridgehead atoms. The topological polar surface area (TPSA) is 58.6 Å².